The Morgan fingerprint density at radius 1 is 1.00 bits per heavy atom. The van der Waals surface area contributed by atoms with Crippen molar-refractivity contribution < 1.29 is 0 Å². The molecule has 0 amide bonds. The van der Waals surface area contributed by atoms with Crippen LogP contribution in [0.25, 0.3) is 0 Å². The first-order valence-corrected chi connectivity index (χ1v) is 8.97. The van der Waals surface area contributed by atoms with E-state index in [1.807, 2.05) is 5.57 Å². The molecule has 0 saturated heterocycles. The molecule has 3 saturated carbocycles. The zero-order valence-electron chi connectivity index (χ0n) is 14.2. The summed E-state index contributed by atoms with van der Waals surface area (Å²) in [6, 6.07) is 0. The summed E-state index contributed by atoms with van der Waals surface area (Å²) in [7, 11) is 0. The first kappa shape index (κ1) is 13.4. The summed E-state index contributed by atoms with van der Waals surface area (Å²) in [5.41, 5.74) is 4.16. The SMILES string of the molecule is C[C@@H]1CCC[C@@]2(C)CC[C@@H]3C(C)(C)C[C@@]4(C)CC=C1C324. The van der Waals surface area contributed by atoms with E-state index in [-0.39, 0.29) is 0 Å². The van der Waals surface area contributed by atoms with E-state index in [1.54, 1.807) is 0 Å². The van der Waals surface area contributed by atoms with Crippen molar-refractivity contribution >= 4 is 0 Å². The second-order valence-corrected chi connectivity index (χ2v) is 9.84. The van der Waals surface area contributed by atoms with Crippen LogP contribution < -0.4 is 0 Å². The summed E-state index contributed by atoms with van der Waals surface area (Å²) < 4.78 is 0. The largest absolute Gasteiger partial charge is 0.0839 e. The van der Waals surface area contributed by atoms with Gasteiger partial charge >= 0.3 is 0 Å². The molecule has 0 aromatic rings. The summed E-state index contributed by atoms with van der Waals surface area (Å²) in [5, 5.41) is 0. The van der Waals surface area contributed by atoms with Crippen LogP contribution in [0.3, 0.4) is 0 Å². The second-order valence-electron chi connectivity index (χ2n) is 9.84. The van der Waals surface area contributed by atoms with Gasteiger partial charge in [0.25, 0.3) is 0 Å². The van der Waals surface area contributed by atoms with Crippen molar-refractivity contribution in [1.82, 2.24) is 0 Å². The van der Waals surface area contributed by atoms with Gasteiger partial charge in [-0.2, -0.15) is 0 Å². The van der Waals surface area contributed by atoms with Crippen molar-refractivity contribution in [3.05, 3.63) is 11.6 Å². The van der Waals surface area contributed by atoms with Gasteiger partial charge in [-0.25, -0.2) is 0 Å². The van der Waals surface area contributed by atoms with Crippen molar-refractivity contribution in [2.75, 3.05) is 0 Å². The summed E-state index contributed by atoms with van der Waals surface area (Å²) in [6.45, 7) is 13.0. The molecular weight excluding hydrogens is 240 g/mol. The summed E-state index contributed by atoms with van der Waals surface area (Å²) in [4.78, 5) is 0. The first-order valence-electron chi connectivity index (χ1n) is 8.97. The van der Waals surface area contributed by atoms with Crippen LogP contribution in [0.5, 0.6) is 0 Å². The Hall–Kier alpha value is -0.260. The number of rotatable bonds is 0. The van der Waals surface area contributed by atoms with Crippen LogP contribution in [0.4, 0.5) is 0 Å². The minimum atomic E-state index is 0.552. The monoisotopic (exact) mass is 272 g/mol. The third-order valence-corrected chi connectivity index (χ3v) is 8.33. The fourth-order valence-electron chi connectivity index (χ4n) is 8.18. The Morgan fingerprint density at radius 2 is 1.75 bits per heavy atom. The fourth-order valence-corrected chi connectivity index (χ4v) is 8.18. The molecular formula is C20H32. The van der Waals surface area contributed by atoms with E-state index in [4.69, 9.17) is 0 Å². The summed E-state index contributed by atoms with van der Waals surface area (Å²) >= 11 is 0. The third-order valence-electron chi connectivity index (χ3n) is 8.33. The molecule has 0 aliphatic heterocycles. The van der Waals surface area contributed by atoms with Crippen molar-refractivity contribution in [2.24, 2.45) is 33.5 Å². The topological polar surface area (TPSA) is 0 Å². The lowest BCUT2D eigenvalue weighted by molar-refractivity contribution is -0.0000699. The van der Waals surface area contributed by atoms with Crippen molar-refractivity contribution in [3.63, 3.8) is 0 Å². The van der Waals surface area contributed by atoms with Crippen molar-refractivity contribution in [2.45, 2.75) is 79.6 Å². The smallest absolute Gasteiger partial charge is 0.00584 e. The lowest BCUT2D eigenvalue weighted by Crippen LogP contribution is -2.47. The summed E-state index contributed by atoms with van der Waals surface area (Å²) in [5.74, 6) is 1.78. The van der Waals surface area contributed by atoms with Gasteiger partial charge in [0, 0.05) is 5.41 Å². The van der Waals surface area contributed by atoms with Crippen molar-refractivity contribution in [1.29, 1.82) is 0 Å². The first-order chi connectivity index (χ1) is 9.27. The van der Waals surface area contributed by atoms with Crippen LogP contribution >= 0.6 is 0 Å². The Balaban J connectivity index is 1.99. The van der Waals surface area contributed by atoms with Gasteiger partial charge in [0.15, 0.2) is 0 Å². The van der Waals surface area contributed by atoms with E-state index in [2.05, 4.69) is 40.7 Å². The molecule has 4 aliphatic rings. The van der Waals surface area contributed by atoms with E-state index in [0.29, 0.717) is 21.7 Å². The maximum absolute atomic E-state index is 2.71. The van der Waals surface area contributed by atoms with Crippen LogP contribution in [0, 0.1) is 33.5 Å². The normalized spacial score (nSPS) is 56.1. The van der Waals surface area contributed by atoms with E-state index in [1.165, 1.54) is 44.9 Å². The lowest BCUT2D eigenvalue weighted by atomic mass is 9.51. The average Bonchev–Trinajstić information content (AvgIpc) is 2.82. The highest BCUT2D eigenvalue weighted by molar-refractivity contribution is 5.40. The zero-order chi connectivity index (χ0) is 14.4. The zero-order valence-corrected chi connectivity index (χ0v) is 14.2. The molecule has 0 aromatic heterocycles. The van der Waals surface area contributed by atoms with Crippen LogP contribution in [0.2, 0.25) is 0 Å². The van der Waals surface area contributed by atoms with Gasteiger partial charge in [0.1, 0.15) is 0 Å². The van der Waals surface area contributed by atoms with E-state index >= 15 is 0 Å². The Kier molecular flexibility index (Phi) is 2.38. The maximum Gasteiger partial charge on any atom is 0.00584 e. The van der Waals surface area contributed by atoms with Crippen LogP contribution in [0.1, 0.15) is 79.6 Å². The fraction of sp³-hybridized carbons (Fsp3) is 0.900. The minimum absolute atomic E-state index is 0.552. The second kappa shape index (κ2) is 3.55. The number of hydrogen-bond donors (Lipinski definition) is 0. The molecule has 0 radical (unpaired) electrons. The van der Waals surface area contributed by atoms with E-state index < -0.39 is 0 Å². The quantitative estimate of drug-likeness (QED) is 0.476. The molecule has 112 valence electrons. The highest BCUT2D eigenvalue weighted by Gasteiger charge is 2.75. The number of hydrogen-bond acceptors (Lipinski definition) is 0. The lowest BCUT2D eigenvalue weighted by Gasteiger charge is -2.52. The van der Waals surface area contributed by atoms with Gasteiger partial charge in [0.2, 0.25) is 0 Å². The van der Waals surface area contributed by atoms with Gasteiger partial charge in [-0.15, -0.1) is 0 Å². The van der Waals surface area contributed by atoms with Gasteiger partial charge in [-0.1, -0.05) is 52.7 Å². The van der Waals surface area contributed by atoms with Gasteiger partial charge in [-0.05, 0) is 66.6 Å². The molecule has 0 heteroatoms. The Bertz CT molecular complexity index is 484. The molecule has 0 aromatic carbocycles. The molecule has 0 heterocycles. The molecule has 1 spiro atoms. The molecule has 0 N–H and O–H groups in total. The van der Waals surface area contributed by atoms with Gasteiger partial charge in [-0.3, -0.25) is 0 Å². The maximum atomic E-state index is 2.71. The molecule has 20 heavy (non-hydrogen) atoms. The minimum Gasteiger partial charge on any atom is -0.0839 e. The highest BCUT2D eigenvalue weighted by atomic mass is 14.8. The molecule has 1 unspecified atom stereocenters. The molecule has 0 bridgehead atoms. The Morgan fingerprint density at radius 3 is 2.50 bits per heavy atom. The number of allylic oxidation sites excluding steroid dienone is 2. The van der Waals surface area contributed by atoms with Gasteiger partial charge < -0.3 is 0 Å². The van der Waals surface area contributed by atoms with Gasteiger partial charge in [0.05, 0.1) is 0 Å². The molecule has 3 fully saturated rings. The molecule has 4 aliphatic carbocycles. The molecule has 4 rings (SSSR count). The predicted octanol–water partition coefficient (Wildman–Crippen LogP) is 5.98. The van der Waals surface area contributed by atoms with E-state index in [9.17, 15) is 0 Å². The van der Waals surface area contributed by atoms with Crippen molar-refractivity contribution in [3.8, 4) is 0 Å². The average molecular weight is 272 g/mol. The predicted molar refractivity (Wildman–Crippen MR) is 85.5 cm³/mol. The Labute approximate surface area is 125 Å². The third kappa shape index (κ3) is 1.19. The summed E-state index contributed by atoms with van der Waals surface area (Å²) in [6.07, 6.45) is 12.9. The van der Waals surface area contributed by atoms with E-state index in [0.717, 1.165) is 11.8 Å². The van der Waals surface area contributed by atoms with Crippen LogP contribution in [-0.2, 0) is 0 Å². The molecule has 0 nitrogen and oxygen atoms in total. The van der Waals surface area contributed by atoms with Crippen LogP contribution in [-0.4, -0.2) is 0 Å². The highest BCUT2D eigenvalue weighted by Crippen LogP contribution is 2.83. The van der Waals surface area contributed by atoms with Crippen LogP contribution in [0.15, 0.2) is 11.6 Å². The molecule has 5 atom stereocenters. The standard InChI is InChI=1S/C20H32/c1-14-7-6-10-18(4)12-9-16-17(2,3)13-19(5)11-8-15(14)20(16,18)19/h8,14,16H,6-7,9-13H2,1-5H3/t14-,16-,18+,19-,20?/m1/s1.